The minimum Gasteiger partial charge on any atom is -0.394 e. The van der Waals surface area contributed by atoms with Crippen LogP contribution in [0.25, 0.3) is 0 Å². The molecule has 0 amide bonds. The third-order valence-electron chi connectivity index (χ3n) is 7.62. The lowest BCUT2D eigenvalue weighted by molar-refractivity contribution is -0.238. The quantitative estimate of drug-likeness (QED) is 0.135. The second-order valence-corrected chi connectivity index (χ2v) is 11.4. The standard InChI is InChI=1S/2C11H22O3.C8H16O.C3H8O3/c1-3-5-6-9(4-2)11-13-7-10(12)8-14-11;1-3-5-6-9(4-2)11-13-8-10(7-12)14-11;1-3-5-6-8(4-2)7-9;4-1-3(6)2-5/h2*9-12H,3-8H2,1-2H3;7-8H,3-6H2,1-2H3;3-6H,1-2H2/p+1. The van der Waals surface area contributed by atoms with E-state index < -0.39 is 12.2 Å². The van der Waals surface area contributed by atoms with Crippen molar-refractivity contribution in [3.8, 4) is 0 Å². The summed E-state index contributed by atoms with van der Waals surface area (Å²) in [5, 5.41) is 42.1. The summed E-state index contributed by atoms with van der Waals surface area (Å²) in [6.07, 6.45) is 13.3. The van der Waals surface area contributed by atoms with Gasteiger partial charge in [-0.25, -0.2) is 0 Å². The number of unbranched alkanes of at least 4 members (excludes halogenated alkanes) is 3. The monoisotopic (exact) mass is 625 g/mol. The Labute approximate surface area is 263 Å². The van der Waals surface area contributed by atoms with Crippen LogP contribution in [-0.2, 0) is 23.7 Å². The molecule has 0 aromatic carbocycles. The van der Waals surface area contributed by atoms with Crippen LogP contribution >= 0.6 is 0 Å². The normalized spacial score (nSPS) is 23.5. The highest BCUT2D eigenvalue weighted by Crippen LogP contribution is 2.26. The van der Waals surface area contributed by atoms with Gasteiger partial charge in [0.05, 0.1) is 39.6 Å². The highest BCUT2D eigenvalue weighted by atomic mass is 16.7. The number of aliphatic hydroxyl groups excluding tert-OH is 5. The van der Waals surface area contributed by atoms with Gasteiger partial charge in [-0.05, 0) is 38.5 Å². The van der Waals surface area contributed by atoms with Crippen LogP contribution in [0.2, 0.25) is 0 Å². The van der Waals surface area contributed by atoms with Crippen molar-refractivity contribution in [2.75, 3.05) is 39.6 Å². The molecule has 43 heavy (non-hydrogen) atoms. The highest BCUT2D eigenvalue weighted by molar-refractivity contribution is 5.53. The number of hydrogen-bond acceptors (Lipinski definition) is 10. The first-order valence-electron chi connectivity index (χ1n) is 16.9. The van der Waals surface area contributed by atoms with Gasteiger partial charge in [-0.2, -0.15) is 0 Å². The van der Waals surface area contributed by atoms with Crippen LogP contribution in [-0.4, -0.2) is 102 Å². The molecule has 2 aliphatic rings. The maximum absolute atomic E-state index is 10.2. The molecular formula is C33H69O10+. The molecule has 2 aliphatic heterocycles. The molecule has 5 N–H and O–H groups in total. The number of rotatable bonds is 18. The molecule has 0 aromatic rings. The molecule has 0 spiro atoms. The molecular weight excluding hydrogens is 556 g/mol. The molecule has 2 fully saturated rings. The Balaban J connectivity index is -0.000000530. The van der Waals surface area contributed by atoms with Crippen molar-refractivity contribution < 1.29 is 50.7 Å². The predicted molar refractivity (Wildman–Crippen MR) is 171 cm³/mol. The average Bonchev–Trinajstić information content (AvgIpc) is 3.53. The summed E-state index contributed by atoms with van der Waals surface area (Å²) < 4.78 is 22.0. The zero-order chi connectivity index (χ0) is 32.9. The van der Waals surface area contributed by atoms with Crippen molar-refractivity contribution in [1.82, 2.24) is 0 Å². The third-order valence-corrected chi connectivity index (χ3v) is 7.62. The molecule has 10 nitrogen and oxygen atoms in total. The lowest BCUT2D eigenvalue weighted by atomic mass is 9.98. The van der Waals surface area contributed by atoms with Crippen molar-refractivity contribution in [2.45, 2.75) is 149 Å². The Hall–Kier alpha value is -0.690. The molecule has 0 radical (unpaired) electrons. The van der Waals surface area contributed by atoms with E-state index in [1.54, 1.807) is 0 Å². The average molecular weight is 626 g/mol. The smallest absolute Gasteiger partial charge is 0.394 e. The van der Waals surface area contributed by atoms with E-state index >= 15 is 0 Å². The first-order valence-corrected chi connectivity index (χ1v) is 16.9. The maximum atomic E-state index is 10.2. The van der Waals surface area contributed by atoms with Gasteiger partial charge >= 0.3 is 1.43 Å². The molecule has 260 valence electrons. The second kappa shape index (κ2) is 31.3. The lowest BCUT2D eigenvalue weighted by Crippen LogP contribution is -2.39. The Bertz CT molecular complexity index is 559. The molecule has 10 heteroatoms. The van der Waals surface area contributed by atoms with Gasteiger partial charge in [0.2, 0.25) is 0 Å². The van der Waals surface area contributed by atoms with Crippen LogP contribution in [0.15, 0.2) is 0 Å². The third kappa shape index (κ3) is 23.3. The van der Waals surface area contributed by atoms with Gasteiger partial charge in [-0.3, -0.25) is 0 Å². The number of aldehydes is 1. The van der Waals surface area contributed by atoms with Crippen LogP contribution in [0.5, 0.6) is 0 Å². The van der Waals surface area contributed by atoms with Crippen LogP contribution < -0.4 is 0 Å². The topological polar surface area (TPSA) is 155 Å². The molecule has 5 unspecified atom stereocenters. The van der Waals surface area contributed by atoms with E-state index in [9.17, 15) is 9.90 Å². The number of ether oxygens (including phenoxy) is 4. The van der Waals surface area contributed by atoms with Gasteiger partial charge < -0.3 is 49.3 Å². The van der Waals surface area contributed by atoms with Crippen LogP contribution in [0.3, 0.4) is 0 Å². The molecule has 0 bridgehead atoms. The summed E-state index contributed by atoms with van der Waals surface area (Å²) in [5.74, 6) is 1.30. The van der Waals surface area contributed by atoms with Gasteiger partial charge in [0.25, 0.3) is 0 Å². The van der Waals surface area contributed by atoms with Crippen molar-refractivity contribution in [1.29, 1.82) is 0 Å². The first kappa shape index (κ1) is 44.4. The summed E-state index contributed by atoms with van der Waals surface area (Å²) in [6.45, 7) is 13.7. The van der Waals surface area contributed by atoms with Gasteiger partial charge in [0.15, 0.2) is 12.6 Å². The number of carbonyl (C=O) groups excluding carboxylic acids is 1. The number of carbonyl (C=O) groups is 1. The van der Waals surface area contributed by atoms with Crippen molar-refractivity contribution >= 4 is 6.29 Å². The van der Waals surface area contributed by atoms with E-state index in [0.29, 0.717) is 37.6 Å². The Morgan fingerprint density at radius 1 is 0.721 bits per heavy atom. The SMILES string of the molecule is CCCCC(C=O)CC.CCCCC(CC)C1OCC(CO)O1.CCCCC(CC)C1OCC(O)CO1.OCC(O)CO.[H+]. The summed E-state index contributed by atoms with van der Waals surface area (Å²) in [6, 6.07) is 0. The Morgan fingerprint density at radius 3 is 1.53 bits per heavy atom. The number of aliphatic hydroxyl groups is 5. The predicted octanol–water partition coefficient (Wildman–Crippen LogP) is 4.72. The van der Waals surface area contributed by atoms with Gasteiger partial charge in [-0.15, -0.1) is 0 Å². The van der Waals surface area contributed by atoms with Crippen molar-refractivity contribution in [2.24, 2.45) is 17.8 Å². The maximum Gasteiger partial charge on any atom is 1.00 e. The molecule has 0 aliphatic carbocycles. The highest BCUT2D eigenvalue weighted by Gasteiger charge is 2.31. The summed E-state index contributed by atoms with van der Waals surface area (Å²) >= 11 is 0. The van der Waals surface area contributed by atoms with Crippen LogP contribution in [0.1, 0.15) is 120 Å². The van der Waals surface area contributed by atoms with Crippen molar-refractivity contribution in [3.05, 3.63) is 0 Å². The fraction of sp³-hybridized carbons (Fsp3) is 0.970. The minimum absolute atomic E-state index is 0. The summed E-state index contributed by atoms with van der Waals surface area (Å²) in [5.41, 5.74) is 0. The zero-order valence-corrected chi connectivity index (χ0v) is 28.2. The van der Waals surface area contributed by atoms with Crippen molar-refractivity contribution in [3.63, 3.8) is 0 Å². The molecule has 0 aromatic heterocycles. The fourth-order valence-corrected chi connectivity index (χ4v) is 4.48. The first-order chi connectivity index (χ1) is 20.7. The molecule has 5 atom stereocenters. The largest absolute Gasteiger partial charge is 1.00 e. The second-order valence-electron chi connectivity index (χ2n) is 11.4. The summed E-state index contributed by atoms with van der Waals surface area (Å²) in [7, 11) is 0. The molecule has 0 saturated carbocycles. The van der Waals surface area contributed by atoms with Crippen LogP contribution in [0, 0.1) is 17.8 Å². The lowest BCUT2D eigenvalue weighted by Gasteiger charge is -2.32. The summed E-state index contributed by atoms with van der Waals surface area (Å²) in [4.78, 5) is 10.2. The Kier molecular flexibility index (Phi) is 32.3. The number of hydrogen-bond donors (Lipinski definition) is 5. The van der Waals surface area contributed by atoms with E-state index in [1.807, 2.05) is 0 Å². The van der Waals surface area contributed by atoms with Gasteiger partial charge in [-0.1, -0.05) is 80.1 Å². The molecule has 2 rings (SSSR count). The molecule has 2 heterocycles. The zero-order valence-electron chi connectivity index (χ0n) is 29.2. The van der Waals surface area contributed by atoms with Gasteiger partial charge in [0.1, 0.15) is 24.6 Å². The Morgan fingerprint density at radius 2 is 1.19 bits per heavy atom. The van der Waals surface area contributed by atoms with E-state index in [0.717, 1.165) is 44.8 Å². The van der Waals surface area contributed by atoms with E-state index in [1.165, 1.54) is 38.5 Å². The fourth-order valence-electron chi connectivity index (χ4n) is 4.48. The van der Waals surface area contributed by atoms with E-state index in [-0.39, 0.29) is 39.9 Å². The molecule has 2 saturated heterocycles. The van der Waals surface area contributed by atoms with Crippen LogP contribution in [0.4, 0.5) is 0 Å². The van der Waals surface area contributed by atoms with E-state index in [2.05, 4.69) is 41.5 Å². The van der Waals surface area contributed by atoms with E-state index in [4.69, 9.17) is 39.4 Å². The minimum atomic E-state index is -0.954. The van der Waals surface area contributed by atoms with Gasteiger partial charge in [0, 0.05) is 17.8 Å².